The van der Waals surface area contributed by atoms with E-state index in [2.05, 4.69) is 38.2 Å². The van der Waals surface area contributed by atoms with E-state index in [-0.39, 0.29) is 6.10 Å². The maximum absolute atomic E-state index is 6.12. The van der Waals surface area contributed by atoms with Gasteiger partial charge in [0.05, 0.1) is 17.3 Å². The quantitative estimate of drug-likeness (QED) is 0.851. The lowest BCUT2D eigenvalue weighted by Crippen LogP contribution is -2.23. The lowest BCUT2D eigenvalue weighted by atomic mass is 10.1. The van der Waals surface area contributed by atoms with Crippen LogP contribution in [-0.4, -0.2) is 12.6 Å². The molecule has 2 aromatic rings. The molecule has 0 aliphatic heterocycles. The maximum Gasteiger partial charge on any atom is 0.125 e. The van der Waals surface area contributed by atoms with Crippen molar-refractivity contribution in [2.45, 2.75) is 26.9 Å². The molecule has 1 unspecified atom stereocenters. The van der Waals surface area contributed by atoms with E-state index in [0.717, 1.165) is 27.6 Å². The van der Waals surface area contributed by atoms with Crippen molar-refractivity contribution in [1.82, 2.24) is 0 Å². The SMILES string of the molecule is Cc1cccc(C)c1OC(C)CNc1ccccc1Cl. The van der Waals surface area contributed by atoms with Crippen LogP contribution >= 0.6 is 11.6 Å². The lowest BCUT2D eigenvalue weighted by Gasteiger charge is -2.19. The van der Waals surface area contributed by atoms with E-state index < -0.39 is 0 Å². The number of rotatable bonds is 5. The van der Waals surface area contributed by atoms with Gasteiger partial charge < -0.3 is 10.1 Å². The summed E-state index contributed by atoms with van der Waals surface area (Å²) in [5.41, 5.74) is 3.26. The number of hydrogen-bond donors (Lipinski definition) is 1. The van der Waals surface area contributed by atoms with E-state index in [9.17, 15) is 0 Å². The van der Waals surface area contributed by atoms with E-state index in [1.54, 1.807) is 0 Å². The van der Waals surface area contributed by atoms with Crippen LogP contribution in [-0.2, 0) is 0 Å². The highest BCUT2D eigenvalue weighted by molar-refractivity contribution is 6.33. The largest absolute Gasteiger partial charge is 0.488 e. The van der Waals surface area contributed by atoms with Crippen LogP contribution in [0.1, 0.15) is 18.1 Å². The Hall–Kier alpha value is -1.67. The second-order valence-corrected chi connectivity index (χ2v) is 5.42. The fourth-order valence-electron chi connectivity index (χ4n) is 2.09. The molecule has 20 heavy (non-hydrogen) atoms. The summed E-state index contributed by atoms with van der Waals surface area (Å²) in [6.45, 7) is 6.89. The topological polar surface area (TPSA) is 21.3 Å². The monoisotopic (exact) mass is 289 g/mol. The second-order valence-electron chi connectivity index (χ2n) is 5.01. The van der Waals surface area contributed by atoms with Crippen LogP contribution in [0, 0.1) is 13.8 Å². The van der Waals surface area contributed by atoms with Crippen molar-refractivity contribution in [3.05, 3.63) is 58.6 Å². The molecule has 0 fully saturated rings. The van der Waals surface area contributed by atoms with Gasteiger partial charge in [0.25, 0.3) is 0 Å². The van der Waals surface area contributed by atoms with Gasteiger partial charge in [-0.2, -0.15) is 0 Å². The molecule has 1 atom stereocenters. The molecule has 2 rings (SSSR count). The number of aryl methyl sites for hydroxylation is 2. The Balaban J connectivity index is 1.96. The van der Waals surface area contributed by atoms with E-state index in [1.165, 1.54) is 0 Å². The van der Waals surface area contributed by atoms with E-state index in [1.807, 2.05) is 30.3 Å². The number of anilines is 1. The predicted molar refractivity (Wildman–Crippen MR) is 85.9 cm³/mol. The molecule has 0 aliphatic rings. The molecule has 0 amide bonds. The molecular formula is C17H20ClNO. The van der Waals surface area contributed by atoms with Crippen LogP contribution in [0.25, 0.3) is 0 Å². The number of halogens is 1. The molecule has 0 aliphatic carbocycles. The average molecular weight is 290 g/mol. The summed E-state index contributed by atoms with van der Waals surface area (Å²) in [7, 11) is 0. The number of para-hydroxylation sites is 2. The molecule has 106 valence electrons. The van der Waals surface area contributed by atoms with Crippen LogP contribution in [0.15, 0.2) is 42.5 Å². The molecule has 1 N–H and O–H groups in total. The predicted octanol–water partition coefficient (Wildman–Crippen LogP) is 4.84. The van der Waals surface area contributed by atoms with Gasteiger partial charge in [-0.3, -0.25) is 0 Å². The molecule has 2 aromatic carbocycles. The van der Waals surface area contributed by atoms with Crippen LogP contribution in [0.4, 0.5) is 5.69 Å². The zero-order valence-electron chi connectivity index (χ0n) is 12.1. The fraction of sp³-hybridized carbons (Fsp3) is 0.294. The zero-order valence-corrected chi connectivity index (χ0v) is 12.9. The Bertz CT molecular complexity index is 563. The van der Waals surface area contributed by atoms with Gasteiger partial charge in [0.2, 0.25) is 0 Å². The number of benzene rings is 2. The number of nitrogens with one attached hydrogen (secondary N) is 1. The first kappa shape index (κ1) is 14.7. The third kappa shape index (κ3) is 3.67. The van der Waals surface area contributed by atoms with Gasteiger partial charge >= 0.3 is 0 Å². The fourth-order valence-corrected chi connectivity index (χ4v) is 2.29. The lowest BCUT2D eigenvalue weighted by molar-refractivity contribution is 0.231. The highest BCUT2D eigenvalue weighted by Crippen LogP contribution is 2.24. The average Bonchev–Trinajstić information content (AvgIpc) is 2.42. The standard InChI is InChI=1S/C17H20ClNO/c1-12-7-6-8-13(2)17(12)20-14(3)11-19-16-10-5-4-9-15(16)18/h4-10,14,19H,11H2,1-3H3. The minimum atomic E-state index is 0.0612. The summed E-state index contributed by atoms with van der Waals surface area (Å²) in [5.74, 6) is 0.973. The first-order chi connectivity index (χ1) is 9.58. The number of ether oxygens (including phenoxy) is 1. The van der Waals surface area contributed by atoms with E-state index >= 15 is 0 Å². The third-order valence-electron chi connectivity index (χ3n) is 3.18. The normalized spacial score (nSPS) is 12.0. The van der Waals surface area contributed by atoms with Crippen molar-refractivity contribution in [3.63, 3.8) is 0 Å². The van der Waals surface area contributed by atoms with Crippen molar-refractivity contribution >= 4 is 17.3 Å². The Kier molecular flexibility index (Phi) is 4.91. The smallest absolute Gasteiger partial charge is 0.125 e. The van der Waals surface area contributed by atoms with Crippen molar-refractivity contribution in [3.8, 4) is 5.75 Å². The summed E-state index contributed by atoms with van der Waals surface area (Å²) in [6, 6.07) is 13.9. The minimum Gasteiger partial charge on any atom is -0.488 e. The summed E-state index contributed by atoms with van der Waals surface area (Å²) in [6.07, 6.45) is 0.0612. The maximum atomic E-state index is 6.12. The summed E-state index contributed by atoms with van der Waals surface area (Å²) in [4.78, 5) is 0. The van der Waals surface area contributed by atoms with E-state index in [4.69, 9.17) is 16.3 Å². The van der Waals surface area contributed by atoms with Gasteiger partial charge in [-0.1, -0.05) is 41.9 Å². The first-order valence-electron chi connectivity index (χ1n) is 6.79. The first-order valence-corrected chi connectivity index (χ1v) is 7.17. The summed E-state index contributed by atoms with van der Waals surface area (Å²) >= 11 is 6.12. The summed E-state index contributed by atoms with van der Waals surface area (Å²) in [5, 5.41) is 4.04. The van der Waals surface area contributed by atoms with Gasteiger partial charge in [0, 0.05) is 0 Å². The molecule has 2 nitrogen and oxygen atoms in total. The zero-order chi connectivity index (χ0) is 14.5. The van der Waals surface area contributed by atoms with Crippen molar-refractivity contribution in [2.75, 3.05) is 11.9 Å². The Morgan fingerprint density at radius 1 is 1.05 bits per heavy atom. The van der Waals surface area contributed by atoms with Crippen LogP contribution in [0.3, 0.4) is 0 Å². The third-order valence-corrected chi connectivity index (χ3v) is 3.51. The molecule has 0 aromatic heterocycles. The van der Waals surface area contributed by atoms with Crippen LogP contribution in [0.2, 0.25) is 5.02 Å². The Labute approximate surface area is 125 Å². The molecule has 0 bridgehead atoms. The number of hydrogen-bond acceptors (Lipinski definition) is 2. The molecule has 0 heterocycles. The van der Waals surface area contributed by atoms with Crippen LogP contribution < -0.4 is 10.1 Å². The molecule has 0 spiro atoms. The second kappa shape index (κ2) is 6.67. The van der Waals surface area contributed by atoms with Crippen molar-refractivity contribution in [2.24, 2.45) is 0 Å². The van der Waals surface area contributed by atoms with E-state index in [0.29, 0.717) is 6.54 Å². The summed E-state index contributed by atoms with van der Waals surface area (Å²) < 4.78 is 6.03. The highest BCUT2D eigenvalue weighted by Gasteiger charge is 2.09. The van der Waals surface area contributed by atoms with Gasteiger partial charge in [0.15, 0.2) is 0 Å². The Morgan fingerprint density at radius 2 is 1.70 bits per heavy atom. The molecule has 0 radical (unpaired) electrons. The van der Waals surface area contributed by atoms with Gasteiger partial charge in [-0.15, -0.1) is 0 Å². The van der Waals surface area contributed by atoms with Crippen molar-refractivity contribution < 1.29 is 4.74 Å². The van der Waals surface area contributed by atoms with Gasteiger partial charge in [0.1, 0.15) is 11.9 Å². The molecule has 0 saturated heterocycles. The molecule has 0 saturated carbocycles. The van der Waals surface area contributed by atoms with Gasteiger partial charge in [-0.05, 0) is 44.0 Å². The minimum absolute atomic E-state index is 0.0612. The van der Waals surface area contributed by atoms with Gasteiger partial charge in [-0.25, -0.2) is 0 Å². The van der Waals surface area contributed by atoms with Crippen molar-refractivity contribution in [1.29, 1.82) is 0 Å². The Morgan fingerprint density at radius 3 is 2.35 bits per heavy atom. The highest BCUT2D eigenvalue weighted by atomic mass is 35.5. The molecule has 3 heteroatoms. The molecular weight excluding hydrogens is 270 g/mol. The van der Waals surface area contributed by atoms with Crippen LogP contribution in [0.5, 0.6) is 5.75 Å².